The molecule has 0 aromatic carbocycles. The van der Waals surface area contributed by atoms with Gasteiger partial charge in [-0.25, -0.2) is 0 Å². The summed E-state index contributed by atoms with van der Waals surface area (Å²) in [5.41, 5.74) is 5.68. The average Bonchev–Trinajstić information content (AvgIpc) is 2.15. The Morgan fingerprint density at radius 3 is 2.08 bits per heavy atom. The van der Waals surface area contributed by atoms with Gasteiger partial charge in [0.25, 0.3) is 0 Å². The van der Waals surface area contributed by atoms with Gasteiger partial charge in [-0.15, -0.1) is 0 Å². The molecule has 0 spiro atoms. The van der Waals surface area contributed by atoms with Crippen LogP contribution in [0.5, 0.6) is 0 Å². The van der Waals surface area contributed by atoms with Gasteiger partial charge in [0.15, 0.2) is 0 Å². The molecule has 1 unspecified atom stereocenters. The highest BCUT2D eigenvalue weighted by Gasteiger charge is 2.37. The van der Waals surface area contributed by atoms with Gasteiger partial charge in [0, 0.05) is 12.6 Å². The molecule has 2 heterocycles. The van der Waals surface area contributed by atoms with Gasteiger partial charge in [0.1, 0.15) is 0 Å². The summed E-state index contributed by atoms with van der Waals surface area (Å²) < 4.78 is 11.0. The van der Waals surface area contributed by atoms with Gasteiger partial charge in [0.2, 0.25) is 0 Å². The van der Waals surface area contributed by atoms with Gasteiger partial charge in [-0.3, -0.25) is 4.90 Å². The molecule has 2 fully saturated rings. The lowest BCUT2D eigenvalue weighted by Crippen LogP contribution is -2.63. The summed E-state index contributed by atoms with van der Waals surface area (Å²) in [4.78, 5) is 2.47. The van der Waals surface area contributed by atoms with Crippen LogP contribution in [0.3, 0.4) is 0 Å². The van der Waals surface area contributed by atoms with Gasteiger partial charge in [0.05, 0.1) is 38.5 Å². The average molecular weight is 186 g/mol. The van der Waals surface area contributed by atoms with Crippen molar-refractivity contribution in [2.45, 2.75) is 25.0 Å². The predicted octanol–water partition coefficient (Wildman–Crippen LogP) is -0.567. The first-order valence-electron chi connectivity index (χ1n) is 4.96. The minimum absolute atomic E-state index is 0.422. The second-order valence-electron chi connectivity index (χ2n) is 3.91. The van der Waals surface area contributed by atoms with Crippen molar-refractivity contribution in [3.8, 4) is 0 Å². The normalized spacial score (nSPS) is 37.4. The molecule has 2 rings (SSSR count). The van der Waals surface area contributed by atoms with Crippen LogP contribution in [0, 0.1) is 0 Å². The Balaban J connectivity index is 2.06. The summed E-state index contributed by atoms with van der Waals surface area (Å²) in [6.07, 6.45) is 0. The number of rotatable bonds is 2. The van der Waals surface area contributed by atoms with E-state index in [-0.39, 0.29) is 0 Å². The van der Waals surface area contributed by atoms with E-state index < -0.39 is 0 Å². The number of ether oxygens (including phenoxy) is 2. The third-order valence-electron chi connectivity index (χ3n) is 2.93. The molecule has 0 saturated carbocycles. The fraction of sp³-hybridized carbons (Fsp3) is 1.00. The van der Waals surface area contributed by atoms with Crippen LogP contribution in [0.4, 0.5) is 0 Å². The van der Waals surface area contributed by atoms with Crippen molar-refractivity contribution < 1.29 is 9.47 Å². The largest absolute Gasteiger partial charge is 0.378 e. The second-order valence-corrected chi connectivity index (χ2v) is 3.91. The maximum absolute atomic E-state index is 5.68. The number of hydrogen-bond acceptors (Lipinski definition) is 4. The molecule has 2 saturated heterocycles. The fourth-order valence-electron chi connectivity index (χ4n) is 2.26. The SMILES string of the molecule is CC(CN)N1C2COCC1COC2. The van der Waals surface area contributed by atoms with E-state index >= 15 is 0 Å². The Morgan fingerprint density at radius 2 is 1.69 bits per heavy atom. The van der Waals surface area contributed by atoms with Crippen LogP contribution in [-0.4, -0.2) is 56.0 Å². The maximum atomic E-state index is 5.68. The smallest absolute Gasteiger partial charge is 0.0645 e. The molecular formula is C9H18N2O2. The summed E-state index contributed by atoms with van der Waals surface area (Å²) >= 11 is 0. The van der Waals surface area contributed by atoms with Crippen molar-refractivity contribution in [2.75, 3.05) is 33.0 Å². The van der Waals surface area contributed by atoms with Crippen molar-refractivity contribution in [1.82, 2.24) is 4.90 Å². The highest BCUT2D eigenvalue weighted by molar-refractivity contribution is 4.89. The summed E-state index contributed by atoms with van der Waals surface area (Å²) in [6, 6.07) is 1.29. The molecule has 76 valence electrons. The Hall–Kier alpha value is -0.160. The first kappa shape index (κ1) is 9.40. The highest BCUT2D eigenvalue weighted by atomic mass is 16.5. The molecule has 2 N–H and O–H groups in total. The molecule has 0 radical (unpaired) electrons. The van der Waals surface area contributed by atoms with Crippen LogP contribution in [-0.2, 0) is 9.47 Å². The third-order valence-corrected chi connectivity index (χ3v) is 2.93. The van der Waals surface area contributed by atoms with Crippen LogP contribution in [0.25, 0.3) is 0 Å². The predicted molar refractivity (Wildman–Crippen MR) is 49.6 cm³/mol. The summed E-state index contributed by atoms with van der Waals surface area (Å²) in [5, 5.41) is 0. The topological polar surface area (TPSA) is 47.7 Å². The molecule has 2 aliphatic heterocycles. The fourth-order valence-corrected chi connectivity index (χ4v) is 2.26. The molecule has 13 heavy (non-hydrogen) atoms. The van der Waals surface area contributed by atoms with Crippen LogP contribution in [0.15, 0.2) is 0 Å². The van der Waals surface area contributed by atoms with Gasteiger partial charge >= 0.3 is 0 Å². The van der Waals surface area contributed by atoms with Gasteiger partial charge < -0.3 is 15.2 Å². The number of nitrogens with two attached hydrogens (primary N) is 1. The van der Waals surface area contributed by atoms with Crippen LogP contribution < -0.4 is 5.73 Å². The molecule has 0 aliphatic carbocycles. The zero-order valence-corrected chi connectivity index (χ0v) is 8.11. The summed E-state index contributed by atoms with van der Waals surface area (Å²) in [5.74, 6) is 0. The standard InChI is InChI=1S/C9H18N2O2/c1-7(2-10)11-8-3-12-5-9(11)6-13-4-8/h7-9H,2-6,10H2,1H3. The van der Waals surface area contributed by atoms with E-state index in [9.17, 15) is 0 Å². The van der Waals surface area contributed by atoms with Gasteiger partial charge in [-0.1, -0.05) is 0 Å². The lowest BCUT2D eigenvalue weighted by atomic mass is 10.1. The van der Waals surface area contributed by atoms with Crippen LogP contribution in [0.2, 0.25) is 0 Å². The van der Waals surface area contributed by atoms with Crippen molar-refractivity contribution in [3.05, 3.63) is 0 Å². The minimum atomic E-state index is 0.422. The van der Waals surface area contributed by atoms with E-state index in [0.717, 1.165) is 26.4 Å². The van der Waals surface area contributed by atoms with Crippen molar-refractivity contribution in [2.24, 2.45) is 5.73 Å². The molecule has 4 heteroatoms. The molecular weight excluding hydrogens is 168 g/mol. The maximum Gasteiger partial charge on any atom is 0.0645 e. The number of fused-ring (bicyclic) bond motifs is 2. The van der Waals surface area contributed by atoms with Gasteiger partial charge in [-0.2, -0.15) is 0 Å². The molecule has 1 atom stereocenters. The van der Waals surface area contributed by atoms with E-state index in [1.807, 2.05) is 0 Å². The molecule has 2 aliphatic rings. The molecule has 0 amide bonds. The lowest BCUT2D eigenvalue weighted by Gasteiger charge is -2.48. The van der Waals surface area contributed by atoms with Gasteiger partial charge in [-0.05, 0) is 6.92 Å². The van der Waals surface area contributed by atoms with E-state index in [1.165, 1.54) is 0 Å². The third kappa shape index (κ3) is 1.72. The number of morpholine rings is 2. The Bertz CT molecular complexity index is 155. The first-order valence-corrected chi connectivity index (χ1v) is 4.96. The van der Waals surface area contributed by atoms with Crippen molar-refractivity contribution in [3.63, 3.8) is 0 Å². The molecule has 0 aromatic heterocycles. The first-order chi connectivity index (χ1) is 6.33. The van der Waals surface area contributed by atoms with Crippen molar-refractivity contribution >= 4 is 0 Å². The zero-order chi connectivity index (χ0) is 9.26. The van der Waals surface area contributed by atoms with E-state index in [4.69, 9.17) is 15.2 Å². The Labute approximate surface area is 79.0 Å². The minimum Gasteiger partial charge on any atom is -0.378 e. The van der Waals surface area contributed by atoms with E-state index in [0.29, 0.717) is 24.7 Å². The number of nitrogens with zero attached hydrogens (tertiary/aromatic N) is 1. The number of hydrogen-bond donors (Lipinski definition) is 1. The Morgan fingerprint density at radius 1 is 1.23 bits per heavy atom. The quantitative estimate of drug-likeness (QED) is 0.627. The molecule has 4 nitrogen and oxygen atoms in total. The van der Waals surface area contributed by atoms with E-state index in [1.54, 1.807) is 0 Å². The van der Waals surface area contributed by atoms with Crippen LogP contribution in [0.1, 0.15) is 6.92 Å². The zero-order valence-electron chi connectivity index (χ0n) is 8.11. The summed E-state index contributed by atoms with van der Waals surface area (Å²) in [6.45, 7) is 6.06. The van der Waals surface area contributed by atoms with E-state index in [2.05, 4.69) is 11.8 Å². The molecule has 2 bridgehead atoms. The monoisotopic (exact) mass is 186 g/mol. The summed E-state index contributed by atoms with van der Waals surface area (Å²) in [7, 11) is 0. The van der Waals surface area contributed by atoms with Crippen LogP contribution >= 0.6 is 0 Å². The Kier molecular flexibility index (Phi) is 2.83. The second kappa shape index (κ2) is 3.92. The van der Waals surface area contributed by atoms with Crippen molar-refractivity contribution in [1.29, 1.82) is 0 Å². The highest BCUT2D eigenvalue weighted by Crippen LogP contribution is 2.21. The molecule has 0 aromatic rings. The lowest BCUT2D eigenvalue weighted by molar-refractivity contribution is -0.149.